The van der Waals surface area contributed by atoms with E-state index < -0.39 is 17.7 Å². The van der Waals surface area contributed by atoms with Gasteiger partial charge in [0.25, 0.3) is 5.56 Å². The van der Waals surface area contributed by atoms with Crippen molar-refractivity contribution in [2.75, 3.05) is 5.32 Å². The highest BCUT2D eigenvalue weighted by atomic mass is 32.1. The van der Waals surface area contributed by atoms with Gasteiger partial charge < -0.3 is 10.1 Å². The predicted octanol–water partition coefficient (Wildman–Crippen LogP) is 2.37. The second kappa shape index (κ2) is 7.78. The highest BCUT2D eigenvalue weighted by molar-refractivity contribution is 7.07. The van der Waals surface area contributed by atoms with Gasteiger partial charge in [0, 0.05) is 30.1 Å². The molecule has 0 fully saturated rings. The normalized spacial score (nSPS) is 22.5. The highest BCUT2D eigenvalue weighted by Gasteiger charge is 2.55. The Bertz CT molecular complexity index is 1670. The molecule has 4 heterocycles. The molecule has 2 aliphatic heterocycles. The third-order valence-corrected chi connectivity index (χ3v) is 7.57. The number of hydrogen-bond donors (Lipinski definition) is 1. The maximum atomic E-state index is 13.8. The Labute approximate surface area is 204 Å². The van der Waals surface area contributed by atoms with Crippen molar-refractivity contribution in [1.29, 1.82) is 0 Å². The van der Waals surface area contributed by atoms with E-state index in [0.717, 1.165) is 22.4 Å². The lowest BCUT2D eigenvalue weighted by Gasteiger charge is -2.45. The third kappa shape index (κ3) is 3.42. The van der Waals surface area contributed by atoms with E-state index in [0.29, 0.717) is 15.1 Å². The first-order valence-corrected chi connectivity index (χ1v) is 12.1. The molecular weight excluding hydrogens is 462 g/mol. The summed E-state index contributed by atoms with van der Waals surface area (Å²) in [7, 11) is 1.83. The molecule has 3 atom stereocenters. The van der Waals surface area contributed by atoms with Crippen molar-refractivity contribution in [2.45, 2.75) is 25.6 Å². The SMILES string of the molecule is Cc1ccccc1NC(=O)[C@H]1[C@H]2c3ccccc3O[C@]1(C)N=c1s/c(=C/c3cnn(C)c3)c(=O)n12. The Kier molecular flexibility index (Phi) is 4.79. The average Bonchev–Trinajstić information content (AvgIpc) is 3.36. The smallest absolute Gasteiger partial charge is 0.270 e. The molecule has 176 valence electrons. The third-order valence-electron chi connectivity index (χ3n) is 6.59. The number of para-hydroxylation sites is 2. The van der Waals surface area contributed by atoms with Gasteiger partial charge in [-0.25, -0.2) is 4.99 Å². The van der Waals surface area contributed by atoms with Gasteiger partial charge in [-0.05, 0) is 37.6 Å². The summed E-state index contributed by atoms with van der Waals surface area (Å²) in [5.41, 5.74) is 1.93. The molecule has 0 spiro atoms. The zero-order valence-electron chi connectivity index (χ0n) is 19.4. The zero-order chi connectivity index (χ0) is 24.3. The second-order valence-electron chi connectivity index (χ2n) is 9.05. The molecule has 1 N–H and O–H groups in total. The first kappa shape index (κ1) is 21.5. The van der Waals surface area contributed by atoms with Gasteiger partial charge in [-0.2, -0.15) is 5.10 Å². The van der Waals surface area contributed by atoms with Gasteiger partial charge in [-0.3, -0.25) is 18.8 Å². The van der Waals surface area contributed by atoms with E-state index >= 15 is 0 Å². The van der Waals surface area contributed by atoms with Crippen LogP contribution in [-0.2, 0) is 11.8 Å². The number of benzene rings is 2. The minimum Gasteiger partial charge on any atom is -0.465 e. The van der Waals surface area contributed by atoms with Gasteiger partial charge in [0.1, 0.15) is 11.7 Å². The molecule has 0 radical (unpaired) electrons. The van der Waals surface area contributed by atoms with Crippen LogP contribution >= 0.6 is 11.3 Å². The fourth-order valence-corrected chi connectivity index (χ4v) is 6.03. The van der Waals surface area contributed by atoms with Crippen LogP contribution in [0.4, 0.5) is 5.69 Å². The van der Waals surface area contributed by atoms with Crippen molar-refractivity contribution in [3.05, 3.63) is 97.3 Å². The minimum atomic E-state index is -1.17. The topological polar surface area (TPSA) is 90.5 Å². The Hall–Kier alpha value is -3.98. The van der Waals surface area contributed by atoms with Crippen LogP contribution in [0.5, 0.6) is 5.75 Å². The van der Waals surface area contributed by atoms with Crippen LogP contribution < -0.4 is 24.9 Å². The van der Waals surface area contributed by atoms with Gasteiger partial charge >= 0.3 is 0 Å². The van der Waals surface area contributed by atoms with Crippen LogP contribution in [0.1, 0.15) is 29.7 Å². The van der Waals surface area contributed by atoms with Crippen LogP contribution in [0.3, 0.4) is 0 Å². The number of fused-ring (bicyclic) bond motifs is 6. The minimum absolute atomic E-state index is 0.185. The number of aryl methyl sites for hydroxylation is 2. The number of carbonyl (C=O) groups excluding carboxylic acids is 1. The van der Waals surface area contributed by atoms with E-state index in [4.69, 9.17) is 9.73 Å². The maximum absolute atomic E-state index is 13.8. The number of aromatic nitrogens is 3. The van der Waals surface area contributed by atoms with E-state index in [-0.39, 0.29) is 11.5 Å². The van der Waals surface area contributed by atoms with Gasteiger partial charge in [-0.15, -0.1) is 0 Å². The van der Waals surface area contributed by atoms with Crippen LogP contribution in [0.15, 0.2) is 70.7 Å². The number of nitrogens with one attached hydrogen (secondary N) is 1. The number of amides is 1. The number of carbonyl (C=O) groups is 1. The lowest BCUT2D eigenvalue weighted by molar-refractivity contribution is -0.131. The molecule has 8 nitrogen and oxygen atoms in total. The lowest BCUT2D eigenvalue weighted by atomic mass is 9.80. The molecule has 6 rings (SSSR count). The second-order valence-corrected chi connectivity index (χ2v) is 10.1. The summed E-state index contributed by atoms with van der Waals surface area (Å²) in [6, 6.07) is 14.6. The molecule has 0 saturated carbocycles. The summed E-state index contributed by atoms with van der Waals surface area (Å²) < 4.78 is 10.2. The Morgan fingerprint density at radius 3 is 2.74 bits per heavy atom. The molecular formula is C26H23N5O3S. The van der Waals surface area contributed by atoms with E-state index in [1.165, 1.54) is 11.3 Å². The van der Waals surface area contributed by atoms with Gasteiger partial charge in [-0.1, -0.05) is 47.7 Å². The number of hydrogen-bond acceptors (Lipinski definition) is 6. The van der Waals surface area contributed by atoms with Gasteiger partial charge in [0.05, 0.1) is 16.8 Å². The lowest BCUT2D eigenvalue weighted by Crippen LogP contribution is -2.59. The maximum Gasteiger partial charge on any atom is 0.270 e. The molecule has 4 aromatic rings. The fraction of sp³-hybridized carbons (Fsp3) is 0.231. The van der Waals surface area contributed by atoms with Gasteiger partial charge in [0.2, 0.25) is 11.6 Å². The van der Waals surface area contributed by atoms with Crippen LogP contribution in [0, 0.1) is 12.8 Å². The average molecular weight is 486 g/mol. The zero-order valence-corrected chi connectivity index (χ0v) is 20.2. The van der Waals surface area contributed by atoms with E-state index in [9.17, 15) is 9.59 Å². The number of nitrogens with zero attached hydrogens (tertiary/aromatic N) is 4. The first-order valence-electron chi connectivity index (χ1n) is 11.3. The van der Waals surface area contributed by atoms with Crippen molar-refractivity contribution in [2.24, 2.45) is 18.0 Å². The Morgan fingerprint density at radius 2 is 1.97 bits per heavy atom. The Morgan fingerprint density at radius 1 is 1.20 bits per heavy atom. The predicted molar refractivity (Wildman–Crippen MR) is 133 cm³/mol. The van der Waals surface area contributed by atoms with Crippen LogP contribution in [0.2, 0.25) is 0 Å². The van der Waals surface area contributed by atoms with E-state index in [2.05, 4.69) is 10.4 Å². The summed E-state index contributed by atoms with van der Waals surface area (Å²) in [5, 5.41) is 7.24. The molecule has 2 aliphatic rings. The van der Waals surface area contributed by atoms with Crippen molar-refractivity contribution in [3.63, 3.8) is 0 Å². The number of rotatable bonds is 3. The largest absolute Gasteiger partial charge is 0.465 e. The summed E-state index contributed by atoms with van der Waals surface area (Å²) in [6.45, 7) is 3.76. The van der Waals surface area contributed by atoms with Crippen LogP contribution in [-0.4, -0.2) is 26.0 Å². The molecule has 2 aromatic heterocycles. The van der Waals surface area contributed by atoms with Crippen molar-refractivity contribution in [1.82, 2.24) is 14.3 Å². The van der Waals surface area contributed by atoms with Crippen molar-refractivity contribution < 1.29 is 9.53 Å². The van der Waals surface area contributed by atoms with Gasteiger partial charge in [0.15, 0.2) is 4.80 Å². The number of ether oxygens (including phenoxy) is 1. The standard InChI is InChI=1S/C26H23N5O3S/c1-15-8-4-6-10-18(15)28-23(32)21-22-17-9-5-7-11-19(17)34-26(21,2)29-25-31(22)24(33)20(35-25)12-16-13-27-30(3)14-16/h4-14,21-22H,1-3H3,(H,28,32)/b20-12+/t21-,22-,26+/m1/s1. The Balaban J connectivity index is 1.54. The molecule has 0 saturated heterocycles. The first-order chi connectivity index (χ1) is 16.8. The molecule has 2 aromatic carbocycles. The van der Waals surface area contributed by atoms with E-state index in [1.54, 1.807) is 15.4 Å². The molecule has 0 unspecified atom stereocenters. The van der Waals surface area contributed by atoms with E-state index in [1.807, 2.05) is 81.7 Å². The van der Waals surface area contributed by atoms with Crippen molar-refractivity contribution >= 4 is 29.0 Å². The number of anilines is 1. The molecule has 9 heteroatoms. The number of thiazole rings is 1. The summed E-state index contributed by atoms with van der Waals surface area (Å²) >= 11 is 1.30. The fourth-order valence-electron chi connectivity index (χ4n) is 4.93. The molecule has 35 heavy (non-hydrogen) atoms. The van der Waals surface area contributed by atoms with Crippen molar-refractivity contribution in [3.8, 4) is 5.75 Å². The highest BCUT2D eigenvalue weighted by Crippen LogP contribution is 2.47. The quantitative estimate of drug-likeness (QED) is 0.482. The summed E-state index contributed by atoms with van der Waals surface area (Å²) in [4.78, 5) is 32.9. The monoisotopic (exact) mass is 485 g/mol. The summed E-state index contributed by atoms with van der Waals surface area (Å²) in [6.07, 6.45) is 5.36. The molecule has 2 bridgehead atoms. The molecule has 0 aliphatic carbocycles. The molecule has 1 amide bonds. The summed E-state index contributed by atoms with van der Waals surface area (Å²) in [5.74, 6) is -0.361. The van der Waals surface area contributed by atoms with Crippen LogP contribution in [0.25, 0.3) is 6.08 Å².